The van der Waals surface area contributed by atoms with E-state index in [1.165, 1.54) is 30.6 Å². The van der Waals surface area contributed by atoms with Crippen molar-refractivity contribution in [2.24, 2.45) is 11.8 Å². The highest BCUT2D eigenvalue weighted by molar-refractivity contribution is 7.14. The van der Waals surface area contributed by atoms with E-state index in [1.54, 1.807) is 0 Å². The lowest BCUT2D eigenvalue weighted by Gasteiger charge is -2.22. The summed E-state index contributed by atoms with van der Waals surface area (Å²) in [4.78, 5) is 13.7. The first-order valence-corrected chi connectivity index (χ1v) is 7.58. The summed E-state index contributed by atoms with van der Waals surface area (Å²) in [5, 5.41) is 11.8. The molecule has 2 fully saturated rings. The average Bonchev–Trinajstić information content (AvgIpc) is 3.12. The Bertz CT molecular complexity index is 540. The number of hydrogen-bond donors (Lipinski definition) is 2. The molecule has 0 aliphatic heterocycles. The smallest absolute Gasteiger partial charge is 0.261 e. The van der Waals surface area contributed by atoms with Gasteiger partial charge in [0.1, 0.15) is 6.61 Å². The Morgan fingerprint density at radius 3 is 3.00 bits per heavy atom. The van der Waals surface area contributed by atoms with Gasteiger partial charge in [-0.05, 0) is 43.2 Å². The number of hydrogen-bond acceptors (Lipinski definition) is 3. The molecule has 2 aliphatic carbocycles. The summed E-state index contributed by atoms with van der Waals surface area (Å²) in [5.74, 6) is 6.99. The van der Waals surface area contributed by atoms with Gasteiger partial charge in [-0.15, -0.1) is 11.3 Å². The van der Waals surface area contributed by atoms with E-state index in [2.05, 4.69) is 17.2 Å². The molecule has 0 saturated heterocycles. The molecule has 2 bridgehead atoms. The monoisotopic (exact) mass is 275 g/mol. The molecule has 1 amide bonds. The van der Waals surface area contributed by atoms with Gasteiger partial charge in [-0.1, -0.05) is 18.3 Å². The van der Waals surface area contributed by atoms with Crippen LogP contribution in [0, 0.1) is 23.7 Å². The fourth-order valence-electron chi connectivity index (χ4n) is 3.31. The van der Waals surface area contributed by atoms with E-state index >= 15 is 0 Å². The zero-order valence-electron chi connectivity index (χ0n) is 10.7. The van der Waals surface area contributed by atoms with Crippen LogP contribution in [-0.2, 0) is 0 Å². The molecule has 1 aromatic rings. The van der Waals surface area contributed by atoms with Crippen LogP contribution >= 0.6 is 11.3 Å². The molecule has 3 unspecified atom stereocenters. The Morgan fingerprint density at radius 1 is 1.42 bits per heavy atom. The fourth-order valence-corrected chi connectivity index (χ4v) is 4.10. The highest BCUT2D eigenvalue weighted by Gasteiger charge is 2.40. The molecule has 19 heavy (non-hydrogen) atoms. The van der Waals surface area contributed by atoms with Crippen molar-refractivity contribution in [2.75, 3.05) is 6.61 Å². The highest BCUT2D eigenvalue weighted by atomic mass is 32.1. The van der Waals surface area contributed by atoms with Gasteiger partial charge in [0.15, 0.2) is 0 Å². The molecule has 2 saturated carbocycles. The van der Waals surface area contributed by atoms with Gasteiger partial charge in [-0.2, -0.15) is 0 Å². The van der Waals surface area contributed by atoms with Gasteiger partial charge in [0.25, 0.3) is 5.91 Å². The van der Waals surface area contributed by atoms with Crippen molar-refractivity contribution in [1.29, 1.82) is 0 Å². The zero-order chi connectivity index (χ0) is 13.2. The van der Waals surface area contributed by atoms with E-state index in [1.807, 2.05) is 12.1 Å². The highest BCUT2D eigenvalue weighted by Crippen LogP contribution is 2.44. The number of fused-ring (bicyclic) bond motifs is 2. The minimum Gasteiger partial charge on any atom is -0.384 e. The predicted molar refractivity (Wildman–Crippen MR) is 75.0 cm³/mol. The van der Waals surface area contributed by atoms with Crippen molar-refractivity contribution in [3.63, 3.8) is 0 Å². The Morgan fingerprint density at radius 2 is 2.32 bits per heavy atom. The fraction of sp³-hybridized carbons (Fsp3) is 0.533. The lowest BCUT2D eigenvalue weighted by molar-refractivity contribution is 0.0927. The van der Waals surface area contributed by atoms with Crippen molar-refractivity contribution in [2.45, 2.75) is 31.7 Å². The molecular formula is C15H17NO2S. The number of thiophene rings is 1. The van der Waals surface area contributed by atoms with Crippen molar-refractivity contribution < 1.29 is 9.90 Å². The van der Waals surface area contributed by atoms with E-state index in [-0.39, 0.29) is 12.5 Å². The first-order valence-electron chi connectivity index (χ1n) is 6.76. The van der Waals surface area contributed by atoms with Crippen LogP contribution in [-0.4, -0.2) is 23.7 Å². The zero-order valence-corrected chi connectivity index (χ0v) is 11.5. The largest absolute Gasteiger partial charge is 0.384 e. The average molecular weight is 275 g/mol. The second-order valence-electron chi connectivity index (χ2n) is 5.38. The Labute approximate surface area is 117 Å². The van der Waals surface area contributed by atoms with Crippen LogP contribution < -0.4 is 5.32 Å². The first-order chi connectivity index (χ1) is 9.26. The molecule has 1 heterocycles. The molecule has 0 aromatic carbocycles. The van der Waals surface area contributed by atoms with Gasteiger partial charge in [-0.3, -0.25) is 4.79 Å². The summed E-state index contributed by atoms with van der Waals surface area (Å²) in [6.07, 6.45) is 5.06. The van der Waals surface area contributed by atoms with E-state index in [0.717, 1.165) is 17.2 Å². The summed E-state index contributed by atoms with van der Waals surface area (Å²) in [7, 11) is 0. The third kappa shape index (κ3) is 2.68. The van der Waals surface area contributed by atoms with E-state index in [0.29, 0.717) is 16.8 Å². The first kappa shape index (κ1) is 12.7. The lowest BCUT2D eigenvalue weighted by Crippen LogP contribution is -2.38. The van der Waals surface area contributed by atoms with Crippen molar-refractivity contribution in [3.8, 4) is 11.8 Å². The van der Waals surface area contributed by atoms with Crippen LogP contribution in [0.15, 0.2) is 12.1 Å². The van der Waals surface area contributed by atoms with Crippen molar-refractivity contribution >= 4 is 17.2 Å². The van der Waals surface area contributed by atoms with Gasteiger partial charge < -0.3 is 10.4 Å². The summed E-state index contributed by atoms with van der Waals surface area (Å²) in [6, 6.07) is 4.03. The van der Waals surface area contributed by atoms with Crippen LogP contribution in [0.1, 0.15) is 40.2 Å². The summed E-state index contributed by atoms with van der Waals surface area (Å²) >= 11 is 1.39. The Hall–Kier alpha value is -1.31. The van der Waals surface area contributed by atoms with Crippen molar-refractivity contribution in [3.05, 3.63) is 21.9 Å². The Kier molecular flexibility index (Phi) is 3.58. The SMILES string of the molecule is O=C(NC1CC2CCC1C2)c1ccc(C#CCO)s1. The van der Waals surface area contributed by atoms with Crippen LogP contribution in [0.2, 0.25) is 0 Å². The van der Waals surface area contributed by atoms with Crippen LogP contribution in [0.3, 0.4) is 0 Å². The van der Waals surface area contributed by atoms with E-state index < -0.39 is 0 Å². The molecule has 2 N–H and O–H groups in total. The number of carbonyl (C=O) groups is 1. The van der Waals surface area contributed by atoms with Gasteiger partial charge in [0.05, 0.1) is 9.75 Å². The third-order valence-electron chi connectivity index (χ3n) is 4.18. The maximum atomic E-state index is 12.2. The maximum absolute atomic E-state index is 12.2. The van der Waals surface area contributed by atoms with Gasteiger partial charge >= 0.3 is 0 Å². The molecule has 1 aromatic heterocycles. The van der Waals surface area contributed by atoms with E-state index in [4.69, 9.17) is 5.11 Å². The quantitative estimate of drug-likeness (QED) is 0.811. The number of amides is 1. The minimum atomic E-state index is -0.148. The third-order valence-corrected chi connectivity index (χ3v) is 5.17. The van der Waals surface area contributed by atoms with Gasteiger partial charge in [0.2, 0.25) is 0 Å². The molecule has 4 heteroatoms. The number of carbonyl (C=O) groups excluding carboxylic acids is 1. The van der Waals surface area contributed by atoms with Crippen LogP contribution in [0.5, 0.6) is 0 Å². The van der Waals surface area contributed by atoms with E-state index in [9.17, 15) is 4.79 Å². The predicted octanol–water partition coefficient (Wildman–Crippen LogP) is 2.01. The molecular weight excluding hydrogens is 258 g/mol. The summed E-state index contributed by atoms with van der Waals surface area (Å²) in [6.45, 7) is -0.148. The van der Waals surface area contributed by atoms with Crippen molar-refractivity contribution in [1.82, 2.24) is 5.32 Å². The number of nitrogens with one attached hydrogen (secondary N) is 1. The molecule has 3 atom stereocenters. The normalized spacial score (nSPS) is 27.9. The second-order valence-corrected chi connectivity index (χ2v) is 6.46. The topological polar surface area (TPSA) is 49.3 Å². The lowest BCUT2D eigenvalue weighted by atomic mass is 9.95. The number of aliphatic hydroxyl groups excluding tert-OH is 1. The minimum absolute atomic E-state index is 0.0274. The van der Waals surface area contributed by atoms with Crippen LogP contribution in [0.4, 0.5) is 0 Å². The summed E-state index contributed by atoms with van der Waals surface area (Å²) in [5.41, 5.74) is 0. The molecule has 0 radical (unpaired) electrons. The maximum Gasteiger partial charge on any atom is 0.261 e. The van der Waals surface area contributed by atoms with Gasteiger partial charge in [0, 0.05) is 6.04 Å². The molecule has 3 nitrogen and oxygen atoms in total. The standard InChI is InChI=1S/C15H17NO2S/c17-7-1-2-12-5-6-14(19-12)15(18)16-13-9-10-3-4-11(13)8-10/h5-6,10-11,13,17H,3-4,7-9H2,(H,16,18). The number of aliphatic hydroxyl groups is 1. The summed E-state index contributed by atoms with van der Waals surface area (Å²) < 4.78 is 0. The Balaban J connectivity index is 1.62. The van der Waals surface area contributed by atoms with Gasteiger partial charge in [-0.25, -0.2) is 0 Å². The van der Waals surface area contributed by atoms with Crippen LogP contribution in [0.25, 0.3) is 0 Å². The molecule has 2 aliphatic rings. The molecule has 0 spiro atoms. The number of rotatable bonds is 2. The molecule has 100 valence electrons. The second kappa shape index (κ2) is 5.36. The molecule has 3 rings (SSSR count).